The van der Waals surface area contributed by atoms with E-state index in [1.54, 1.807) is 99.1 Å². The zero-order chi connectivity index (χ0) is 39.0. The lowest BCUT2D eigenvalue weighted by atomic mass is 10.1. The normalized spacial score (nSPS) is 11.2. The first-order valence-corrected chi connectivity index (χ1v) is 20.3. The molecule has 0 N–H and O–H groups in total. The summed E-state index contributed by atoms with van der Waals surface area (Å²) in [6.07, 6.45) is 0. The molecular formula is C46H40O7S2. The van der Waals surface area contributed by atoms with Gasteiger partial charge in [-0.3, -0.25) is 0 Å². The Labute approximate surface area is 323 Å². The van der Waals surface area contributed by atoms with Crippen LogP contribution in [0.1, 0.15) is 11.1 Å². The topological polar surface area (TPSA) is 96.0 Å². The van der Waals surface area contributed by atoms with Gasteiger partial charge < -0.3 is 14.2 Å². The third-order valence-corrected chi connectivity index (χ3v) is 12.5. The Balaban J connectivity index is 0.000000193. The van der Waals surface area contributed by atoms with E-state index in [4.69, 9.17) is 14.2 Å². The Kier molecular flexibility index (Phi) is 11.8. The highest BCUT2D eigenvalue weighted by molar-refractivity contribution is 7.91. The summed E-state index contributed by atoms with van der Waals surface area (Å²) >= 11 is 0. The quantitative estimate of drug-likeness (QED) is 0.137. The molecule has 0 aliphatic rings. The van der Waals surface area contributed by atoms with Gasteiger partial charge in [-0.05, 0) is 133 Å². The molecule has 7 rings (SSSR count). The van der Waals surface area contributed by atoms with Crippen LogP contribution in [-0.4, -0.2) is 31.1 Å². The first kappa shape index (κ1) is 38.6. The lowest BCUT2D eigenvalue weighted by Crippen LogP contribution is -2.01. The molecule has 0 amide bonds. The molecule has 0 bridgehead atoms. The molecule has 278 valence electrons. The number of rotatable bonds is 10. The van der Waals surface area contributed by atoms with Crippen LogP contribution in [0.15, 0.2) is 189 Å². The number of hydrogen-bond donors (Lipinski definition) is 0. The molecule has 55 heavy (non-hydrogen) atoms. The fourth-order valence-electron chi connectivity index (χ4n) is 5.64. The molecule has 0 radical (unpaired) electrons. The summed E-state index contributed by atoms with van der Waals surface area (Å²) in [4.78, 5) is 1.12. The van der Waals surface area contributed by atoms with Crippen LogP contribution >= 0.6 is 0 Å². The molecule has 0 saturated carbocycles. The van der Waals surface area contributed by atoms with Gasteiger partial charge in [-0.1, -0.05) is 83.9 Å². The van der Waals surface area contributed by atoms with Crippen LogP contribution < -0.4 is 14.2 Å². The van der Waals surface area contributed by atoms with E-state index in [2.05, 4.69) is 0 Å². The van der Waals surface area contributed by atoms with Crippen LogP contribution in [0.5, 0.6) is 23.0 Å². The number of aryl methyl sites for hydroxylation is 2. The first-order valence-electron chi connectivity index (χ1n) is 17.4. The van der Waals surface area contributed by atoms with Crippen LogP contribution in [0.25, 0.3) is 22.3 Å². The van der Waals surface area contributed by atoms with Crippen molar-refractivity contribution in [1.29, 1.82) is 0 Å². The molecule has 0 fully saturated rings. The van der Waals surface area contributed by atoms with Crippen molar-refractivity contribution < 1.29 is 31.0 Å². The number of hydrogen-bond acceptors (Lipinski definition) is 7. The molecule has 0 atom stereocenters. The first-order chi connectivity index (χ1) is 26.5. The fourth-order valence-corrected chi connectivity index (χ4v) is 8.16. The standard InChI is InChI=1S/C26H22O4S.C20H18O3S/c1-19-3-15-25(16-4-19)31(27,28)26-17-13-24(14-18-26)30-23-11-7-21(8-12-23)20-5-9-22(29-2)10-6-20;1-15-3-11-19(12-4-15)24(21,22)20-13-7-17(8-14-20)16-5-9-18(23-2)10-6-16/h3-18H,1-2H3;3-14H,1-2H3. The Morgan fingerprint density at radius 2 is 0.527 bits per heavy atom. The fraction of sp³-hybridized carbons (Fsp3) is 0.0870. The summed E-state index contributed by atoms with van der Waals surface area (Å²) in [6.45, 7) is 3.85. The third-order valence-electron chi connectivity index (χ3n) is 8.90. The van der Waals surface area contributed by atoms with Gasteiger partial charge in [-0.25, -0.2) is 16.8 Å². The maximum atomic E-state index is 12.8. The monoisotopic (exact) mass is 768 g/mol. The maximum absolute atomic E-state index is 12.8. The van der Waals surface area contributed by atoms with E-state index in [0.29, 0.717) is 21.3 Å². The molecule has 7 nitrogen and oxygen atoms in total. The maximum Gasteiger partial charge on any atom is 0.206 e. The van der Waals surface area contributed by atoms with E-state index in [0.717, 1.165) is 44.9 Å². The van der Waals surface area contributed by atoms with Crippen LogP contribution in [-0.2, 0) is 19.7 Å². The van der Waals surface area contributed by atoms with E-state index >= 15 is 0 Å². The number of methoxy groups -OCH3 is 2. The molecule has 7 aromatic carbocycles. The summed E-state index contributed by atoms with van der Waals surface area (Å²) in [7, 11) is -3.77. The van der Waals surface area contributed by atoms with Crippen molar-refractivity contribution in [3.63, 3.8) is 0 Å². The lowest BCUT2D eigenvalue weighted by Gasteiger charge is -2.09. The highest BCUT2D eigenvalue weighted by atomic mass is 32.2. The van der Waals surface area contributed by atoms with E-state index in [1.165, 1.54) is 0 Å². The number of ether oxygens (including phenoxy) is 3. The second kappa shape index (κ2) is 16.9. The van der Waals surface area contributed by atoms with Crippen LogP contribution in [0.3, 0.4) is 0 Å². The van der Waals surface area contributed by atoms with Gasteiger partial charge >= 0.3 is 0 Å². The van der Waals surface area contributed by atoms with Gasteiger partial charge in [-0.2, -0.15) is 0 Å². The number of sulfone groups is 2. The van der Waals surface area contributed by atoms with Crippen molar-refractivity contribution in [2.75, 3.05) is 14.2 Å². The van der Waals surface area contributed by atoms with E-state index in [-0.39, 0.29) is 9.79 Å². The van der Waals surface area contributed by atoms with Crippen molar-refractivity contribution in [2.45, 2.75) is 33.4 Å². The Morgan fingerprint density at radius 3 is 0.818 bits per heavy atom. The summed E-state index contributed by atoms with van der Waals surface area (Å²) in [5, 5.41) is 0. The second-order valence-electron chi connectivity index (χ2n) is 12.7. The minimum atomic E-state index is -3.55. The van der Waals surface area contributed by atoms with Crippen LogP contribution in [0, 0.1) is 13.8 Å². The largest absolute Gasteiger partial charge is 0.497 e. The average molecular weight is 769 g/mol. The van der Waals surface area contributed by atoms with Crippen molar-refractivity contribution in [1.82, 2.24) is 0 Å². The Bertz CT molecular complexity index is 2550. The van der Waals surface area contributed by atoms with Gasteiger partial charge in [0.2, 0.25) is 19.7 Å². The predicted molar refractivity (Wildman–Crippen MR) is 217 cm³/mol. The highest BCUT2D eigenvalue weighted by Gasteiger charge is 2.18. The molecule has 0 unspecified atom stereocenters. The molecule has 0 heterocycles. The highest BCUT2D eigenvalue weighted by Crippen LogP contribution is 2.30. The minimum absolute atomic E-state index is 0.235. The van der Waals surface area contributed by atoms with Gasteiger partial charge in [0.05, 0.1) is 33.8 Å². The Morgan fingerprint density at radius 1 is 0.309 bits per heavy atom. The molecule has 0 aromatic heterocycles. The molecule has 7 aromatic rings. The molecule has 0 aliphatic heterocycles. The van der Waals surface area contributed by atoms with Gasteiger partial charge in [-0.15, -0.1) is 0 Å². The summed E-state index contributed by atoms with van der Waals surface area (Å²) in [6, 6.07) is 50.4. The van der Waals surface area contributed by atoms with Crippen molar-refractivity contribution in [3.8, 4) is 45.3 Å². The smallest absolute Gasteiger partial charge is 0.206 e. The van der Waals surface area contributed by atoms with E-state index in [9.17, 15) is 16.8 Å². The SMILES string of the molecule is COc1ccc(-c2ccc(Oc3ccc(S(=O)(=O)c4ccc(C)cc4)cc3)cc2)cc1.COc1ccc(-c2ccc(S(=O)(=O)c3ccc(C)cc3)cc2)cc1. The summed E-state index contributed by atoms with van der Waals surface area (Å²) in [5.74, 6) is 2.85. The van der Waals surface area contributed by atoms with Crippen molar-refractivity contribution in [2.24, 2.45) is 0 Å². The van der Waals surface area contributed by atoms with Gasteiger partial charge in [0.15, 0.2) is 0 Å². The lowest BCUT2D eigenvalue weighted by molar-refractivity contribution is 0.415. The van der Waals surface area contributed by atoms with Gasteiger partial charge in [0, 0.05) is 0 Å². The average Bonchev–Trinajstić information content (AvgIpc) is 3.22. The van der Waals surface area contributed by atoms with Crippen molar-refractivity contribution in [3.05, 3.63) is 181 Å². The minimum Gasteiger partial charge on any atom is -0.497 e. The number of benzene rings is 7. The van der Waals surface area contributed by atoms with Crippen molar-refractivity contribution >= 4 is 19.7 Å². The molecular weight excluding hydrogens is 729 g/mol. The van der Waals surface area contributed by atoms with Gasteiger partial charge in [0.1, 0.15) is 23.0 Å². The second-order valence-corrected chi connectivity index (χ2v) is 16.6. The third kappa shape index (κ3) is 9.32. The molecule has 0 aliphatic carbocycles. The zero-order valence-corrected chi connectivity index (χ0v) is 32.5. The van der Waals surface area contributed by atoms with Gasteiger partial charge in [0.25, 0.3) is 0 Å². The molecule has 0 saturated heterocycles. The predicted octanol–water partition coefficient (Wildman–Crippen LogP) is 10.8. The summed E-state index contributed by atoms with van der Waals surface area (Å²) < 4.78 is 67.1. The van der Waals surface area contributed by atoms with E-state index < -0.39 is 19.7 Å². The van der Waals surface area contributed by atoms with E-state index in [1.807, 2.05) is 98.8 Å². The Hall–Kier alpha value is -6.16. The molecule has 0 spiro atoms. The zero-order valence-electron chi connectivity index (χ0n) is 30.8. The van der Waals surface area contributed by atoms with Crippen LogP contribution in [0.2, 0.25) is 0 Å². The molecule has 9 heteroatoms. The van der Waals surface area contributed by atoms with Crippen LogP contribution in [0.4, 0.5) is 0 Å². The summed E-state index contributed by atoms with van der Waals surface area (Å²) in [5.41, 5.74) is 6.16.